The van der Waals surface area contributed by atoms with Crippen molar-refractivity contribution >= 4 is 40.9 Å². The summed E-state index contributed by atoms with van der Waals surface area (Å²) in [6.45, 7) is 8.45. The fourth-order valence-electron chi connectivity index (χ4n) is 3.77. The smallest absolute Gasteiger partial charge is 0.254 e. The van der Waals surface area contributed by atoms with Crippen molar-refractivity contribution in [3.8, 4) is 0 Å². The quantitative estimate of drug-likeness (QED) is 0.428. The highest BCUT2D eigenvalue weighted by atomic mass is 16.2. The van der Waals surface area contributed by atoms with Gasteiger partial charge in [-0.05, 0) is 36.6 Å². The molecular weight excluding hydrogens is 436 g/mol. The van der Waals surface area contributed by atoms with Gasteiger partial charge < -0.3 is 31.9 Å². The van der Waals surface area contributed by atoms with Crippen LogP contribution in [0.25, 0.3) is 0 Å². The molecule has 3 rings (SSSR count). The zero-order chi connectivity index (χ0) is 24.8. The Morgan fingerprint density at radius 2 is 1.71 bits per heavy atom. The number of piperazine rings is 1. The lowest BCUT2D eigenvalue weighted by atomic mass is 10.0. The number of carbonyl (C=O) groups is 3. The van der Waals surface area contributed by atoms with Gasteiger partial charge in [-0.25, -0.2) is 4.98 Å². The van der Waals surface area contributed by atoms with Crippen molar-refractivity contribution in [2.75, 3.05) is 41.7 Å². The monoisotopic (exact) mass is 468 g/mol. The van der Waals surface area contributed by atoms with E-state index in [1.54, 1.807) is 6.92 Å². The van der Waals surface area contributed by atoms with Crippen LogP contribution in [-0.2, 0) is 9.59 Å². The van der Waals surface area contributed by atoms with Crippen LogP contribution in [0.3, 0.4) is 0 Å². The molecule has 1 fully saturated rings. The number of rotatable bonds is 9. The molecule has 182 valence electrons. The van der Waals surface area contributed by atoms with Gasteiger partial charge in [-0.1, -0.05) is 13.8 Å². The third-order valence-electron chi connectivity index (χ3n) is 5.63. The van der Waals surface area contributed by atoms with Crippen molar-refractivity contribution in [3.05, 3.63) is 36.0 Å². The molecule has 1 atom stereocenters. The van der Waals surface area contributed by atoms with E-state index in [0.29, 0.717) is 25.2 Å². The maximum Gasteiger partial charge on any atom is 0.254 e. The highest BCUT2D eigenvalue weighted by molar-refractivity contribution is 5.98. The van der Waals surface area contributed by atoms with E-state index < -0.39 is 17.9 Å². The summed E-state index contributed by atoms with van der Waals surface area (Å²) in [6, 6.07) is 7.02. The lowest BCUT2D eigenvalue weighted by molar-refractivity contribution is -0.129. The molecule has 11 nitrogen and oxygen atoms in total. The predicted molar refractivity (Wildman–Crippen MR) is 131 cm³/mol. The SMILES string of the molecule is CC(=O)N1CCN(c2ccc(Nc3nc(N[C@H](CC(C)C)C(N)=O)ncc3C(N)=O)cc2)CC1. The number of nitrogens with two attached hydrogens (primary N) is 2. The Morgan fingerprint density at radius 1 is 1.06 bits per heavy atom. The Bertz CT molecular complexity index is 1030. The number of primary amides is 2. The first kappa shape index (κ1) is 24.7. The van der Waals surface area contributed by atoms with Gasteiger partial charge in [0.25, 0.3) is 5.91 Å². The maximum atomic E-state index is 11.9. The number of hydrogen-bond acceptors (Lipinski definition) is 8. The summed E-state index contributed by atoms with van der Waals surface area (Å²) < 4.78 is 0. The second-order valence-corrected chi connectivity index (χ2v) is 8.71. The topological polar surface area (TPSA) is 160 Å². The molecule has 3 amide bonds. The summed E-state index contributed by atoms with van der Waals surface area (Å²) in [7, 11) is 0. The molecule has 1 aromatic carbocycles. The number of hydrogen-bond donors (Lipinski definition) is 4. The van der Waals surface area contributed by atoms with Gasteiger partial charge in [-0.2, -0.15) is 4.98 Å². The van der Waals surface area contributed by atoms with Gasteiger partial charge in [0.05, 0.1) is 0 Å². The van der Waals surface area contributed by atoms with Crippen LogP contribution in [0.4, 0.5) is 23.1 Å². The van der Waals surface area contributed by atoms with E-state index in [2.05, 4.69) is 25.5 Å². The molecule has 1 aromatic heterocycles. The summed E-state index contributed by atoms with van der Waals surface area (Å²) >= 11 is 0. The summed E-state index contributed by atoms with van der Waals surface area (Å²) in [5, 5.41) is 6.05. The molecular formula is C23H32N8O3. The summed E-state index contributed by atoms with van der Waals surface area (Å²) in [5.41, 5.74) is 12.9. The molecule has 2 heterocycles. The van der Waals surface area contributed by atoms with Crippen LogP contribution in [0.2, 0.25) is 0 Å². The number of benzene rings is 1. The zero-order valence-corrected chi connectivity index (χ0v) is 19.7. The second-order valence-electron chi connectivity index (χ2n) is 8.71. The Morgan fingerprint density at radius 3 is 2.24 bits per heavy atom. The van der Waals surface area contributed by atoms with E-state index in [1.807, 2.05) is 43.0 Å². The van der Waals surface area contributed by atoms with Crippen molar-refractivity contribution in [2.24, 2.45) is 17.4 Å². The van der Waals surface area contributed by atoms with E-state index in [9.17, 15) is 14.4 Å². The molecule has 0 aliphatic carbocycles. The van der Waals surface area contributed by atoms with E-state index in [1.165, 1.54) is 6.20 Å². The van der Waals surface area contributed by atoms with Crippen molar-refractivity contribution in [1.82, 2.24) is 14.9 Å². The van der Waals surface area contributed by atoms with E-state index >= 15 is 0 Å². The van der Waals surface area contributed by atoms with Crippen LogP contribution in [0.5, 0.6) is 0 Å². The van der Waals surface area contributed by atoms with Crippen LogP contribution in [0.15, 0.2) is 30.5 Å². The number of aromatic nitrogens is 2. The largest absolute Gasteiger partial charge is 0.368 e. The van der Waals surface area contributed by atoms with Gasteiger partial charge in [0.15, 0.2) is 0 Å². The van der Waals surface area contributed by atoms with Crippen LogP contribution in [-0.4, -0.2) is 64.8 Å². The van der Waals surface area contributed by atoms with Crippen LogP contribution in [0.1, 0.15) is 37.6 Å². The summed E-state index contributed by atoms with van der Waals surface area (Å²) in [6.07, 6.45) is 1.83. The standard InChI is InChI=1S/C23H32N8O3/c1-14(2)12-19(21(25)34)28-23-26-13-18(20(24)33)22(29-23)27-16-4-6-17(7-5-16)31-10-8-30(9-11-31)15(3)32/h4-7,13-14,19H,8-12H2,1-3H3,(H2,24,33)(H2,25,34)(H2,26,27,28,29)/t19-/m1/s1. The number of anilines is 4. The summed E-state index contributed by atoms with van der Waals surface area (Å²) in [5.74, 6) is -0.475. The molecule has 2 aromatic rings. The Labute approximate surface area is 198 Å². The van der Waals surface area contributed by atoms with Gasteiger partial charge in [0.2, 0.25) is 17.8 Å². The minimum atomic E-state index is -0.678. The normalized spacial score (nSPS) is 14.6. The van der Waals surface area contributed by atoms with E-state index in [4.69, 9.17) is 11.5 Å². The Hall–Kier alpha value is -3.89. The zero-order valence-electron chi connectivity index (χ0n) is 19.7. The fraction of sp³-hybridized carbons (Fsp3) is 0.435. The first-order valence-electron chi connectivity index (χ1n) is 11.2. The lowest BCUT2D eigenvalue weighted by Gasteiger charge is -2.35. The molecule has 1 saturated heterocycles. The lowest BCUT2D eigenvalue weighted by Crippen LogP contribution is -2.48. The molecule has 0 unspecified atom stereocenters. The van der Waals surface area contributed by atoms with E-state index in [0.717, 1.165) is 18.8 Å². The first-order valence-corrected chi connectivity index (χ1v) is 11.2. The summed E-state index contributed by atoms with van der Waals surface area (Å²) in [4.78, 5) is 47.8. The molecule has 0 saturated carbocycles. The van der Waals surface area contributed by atoms with Crippen LogP contribution in [0, 0.1) is 5.92 Å². The molecule has 1 aliphatic heterocycles. The van der Waals surface area contributed by atoms with Gasteiger partial charge in [-0.3, -0.25) is 14.4 Å². The van der Waals surface area contributed by atoms with Crippen molar-refractivity contribution in [3.63, 3.8) is 0 Å². The fourth-order valence-corrected chi connectivity index (χ4v) is 3.77. The average Bonchev–Trinajstić information content (AvgIpc) is 2.79. The Kier molecular flexibility index (Phi) is 7.87. The van der Waals surface area contributed by atoms with Gasteiger partial charge in [0, 0.05) is 50.7 Å². The second kappa shape index (κ2) is 10.8. The highest BCUT2D eigenvalue weighted by Crippen LogP contribution is 2.24. The Balaban J connectivity index is 1.74. The number of amides is 3. The molecule has 11 heteroatoms. The average molecular weight is 469 g/mol. The van der Waals surface area contributed by atoms with Crippen LogP contribution >= 0.6 is 0 Å². The highest BCUT2D eigenvalue weighted by Gasteiger charge is 2.21. The number of nitrogens with zero attached hydrogens (tertiary/aromatic N) is 4. The van der Waals surface area contributed by atoms with E-state index in [-0.39, 0.29) is 29.2 Å². The van der Waals surface area contributed by atoms with Crippen molar-refractivity contribution in [1.29, 1.82) is 0 Å². The molecule has 6 N–H and O–H groups in total. The third kappa shape index (κ3) is 6.33. The van der Waals surface area contributed by atoms with Crippen LogP contribution < -0.4 is 27.0 Å². The molecule has 34 heavy (non-hydrogen) atoms. The predicted octanol–water partition coefficient (Wildman–Crippen LogP) is 1.30. The van der Waals surface area contributed by atoms with Crippen molar-refractivity contribution < 1.29 is 14.4 Å². The van der Waals surface area contributed by atoms with Gasteiger partial charge in [-0.15, -0.1) is 0 Å². The molecule has 0 spiro atoms. The molecule has 0 radical (unpaired) electrons. The molecule has 0 bridgehead atoms. The minimum absolute atomic E-state index is 0.0921. The van der Waals surface area contributed by atoms with Gasteiger partial charge in [0.1, 0.15) is 17.4 Å². The maximum absolute atomic E-state index is 11.9. The minimum Gasteiger partial charge on any atom is -0.368 e. The number of nitrogens with one attached hydrogen (secondary N) is 2. The number of carbonyl (C=O) groups excluding carboxylic acids is 3. The third-order valence-corrected chi connectivity index (χ3v) is 5.63. The van der Waals surface area contributed by atoms with Crippen molar-refractivity contribution in [2.45, 2.75) is 33.2 Å². The first-order chi connectivity index (χ1) is 16.1. The van der Waals surface area contributed by atoms with Gasteiger partial charge >= 0.3 is 0 Å². The molecule has 1 aliphatic rings.